The van der Waals surface area contributed by atoms with Gasteiger partial charge in [0.2, 0.25) is 0 Å². The largest absolute Gasteiger partial charge is 0.389 e. The predicted molar refractivity (Wildman–Crippen MR) is 99.6 cm³/mol. The van der Waals surface area contributed by atoms with Crippen molar-refractivity contribution in [3.8, 4) is 0 Å². The lowest BCUT2D eigenvalue weighted by atomic mass is 10.1. The van der Waals surface area contributed by atoms with Crippen molar-refractivity contribution in [2.45, 2.75) is 25.4 Å². The Morgan fingerprint density at radius 2 is 2.09 bits per heavy atom. The molecule has 1 unspecified atom stereocenters. The third kappa shape index (κ3) is 8.55. The Bertz CT molecular complexity index is 438. The standard InChI is InChI=1S/C16H25N3O2.HI/c17-16(18-9-8-13-4-2-1-3-5-13)19-10-15(20)12-21-11-14-6-7-14;/h1-5,14-15,20H,6-12H2,(H3,17,18,19);1H. The normalized spacial score (nSPS) is 16.0. The molecule has 5 nitrogen and oxygen atoms in total. The van der Waals surface area contributed by atoms with Gasteiger partial charge in [0.15, 0.2) is 5.96 Å². The molecule has 1 saturated carbocycles. The van der Waals surface area contributed by atoms with E-state index in [1.165, 1.54) is 18.4 Å². The first-order valence-corrected chi connectivity index (χ1v) is 7.57. The maximum atomic E-state index is 9.72. The van der Waals surface area contributed by atoms with E-state index in [2.05, 4.69) is 22.4 Å². The molecule has 0 amide bonds. The van der Waals surface area contributed by atoms with Crippen LogP contribution < -0.4 is 11.1 Å². The lowest BCUT2D eigenvalue weighted by Crippen LogP contribution is -2.34. The Balaban J connectivity index is 0.00000242. The van der Waals surface area contributed by atoms with Crippen molar-refractivity contribution in [3.63, 3.8) is 0 Å². The fraction of sp³-hybridized carbons (Fsp3) is 0.562. The lowest BCUT2D eigenvalue weighted by Gasteiger charge is -2.10. The summed E-state index contributed by atoms with van der Waals surface area (Å²) in [7, 11) is 0. The number of nitrogens with one attached hydrogen (secondary N) is 1. The minimum absolute atomic E-state index is 0. The zero-order chi connectivity index (χ0) is 14.9. The van der Waals surface area contributed by atoms with E-state index in [0.717, 1.165) is 19.6 Å². The molecule has 1 aromatic carbocycles. The van der Waals surface area contributed by atoms with Crippen LogP contribution in [-0.2, 0) is 11.2 Å². The van der Waals surface area contributed by atoms with Crippen molar-refractivity contribution in [1.82, 2.24) is 5.32 Å². The van der Waals surface area contributed by atoms with Crippen LogP contribution >= 0.6 is 24.0 Å². The van der Waals surface area contributed by atoms with Crippen LogP contribution in [0.4, 0.5) is 0 Å². The molecule has 0 radical (unpaired) electrons. The van der Waals surface area contributed by atoms with Gasteiger partial charge >= 0.3 is 0 Å². The number of aliphatic hydroxyl groups is 1. The van der Waals surface area contributed by atoms with Crippen LogP contribution in [0.3, 0.4) is 0 Å². The second-order valence-corrected chi connectivity index (χ2v) is 5.52. The number of aliphatic hydroxyl groups excluding tert-OH is 1. The van der Waals surface area contributed by atoms with Crippen LogP contribution in [0.5, 0.6) is 0 Å². The highest BCUT2D eigenvalue weighted by molar-refractivity contribution is 14.0. The maximum absolute atomic E-state index is 9.72. The maximum Gasteiger partial charge on any atom is 0.188 e. The second-order valence-electron chi connectivity index (χ2n) is 5.52. The number of rotatable bonds is 9. The summed E-state index contributed by atoms with van der Waals surface area (Å²) in [6.07, 6.45) is 2.82. The molecule has 4 N–H and O–H groups in total. The van der Waals surface area contributed by atoms with E-state index < -0.39 is 6.10 Å². The molecule has 0 bridgehead atoms. The molecule has 1 fully saturated rings. The SMILES string of the molecule is I.NC(=NCC(O)COCC1CC1)NCCc1ccccc1. The van der Waals surface area contributed by atoms with E-state index in [0.29, 0.717) is 18.5 Å². The predicted octanol–water partition coefficient (Wildman–Crippen LogP) is 1.54. The topological polar surface area (TPSA) is 79.9 Å². The first-order chi connectivity index (χ1) is 10.2. The molecular weight excluding hydrogens is 393 g/mol. The molecule has 0 aromatic heterocycles. The summed E-state index contributed by atoms with van der Waals surface area (Å²) >= 11 is 0. The number of aliphatic imine (C=N–C) groups is 1. The van der Waals surface area contributed by atoms with Gasteiger partial charge in [-0.1, -0.05) is 30.3 Å². The van der Waals surface area contributed by atoms with Gasteiger partial charge in [0, 0.05) is 13.2 Å². The monoisotopic (exact) mass is 419 g/mol. The number of nitrogens with zero attached hydrogens (tertiary/aromatic N) is 1. The van der Waals surface area contributed by atoms with Crippen molar-refractivity contribution < 1.29 is 9.84 Å². The first-order valence-electron chi connectivity index (χ1n) is 7.57. The van der Waals surface area contributed by atoms with E-state index in [9.17, 15) is 5.11 Å². The molecule has 6 heteroatoms. The highest BCUT2D eigenvalue weighted by Gasteiger charge is 2.21. The third-order valence-electron chi connectivity index (χ3n) is 3.40. The fourth-order valence-electron chi connectivity index (χ4n) is 1.95. The van der Waals surface area contributed by atoms with Gasteiger partial charge in [-0.2, -0.15) is 0 Å². The molecule has 1 atom stereocenters. The Kier molecular flexibility index (Phi) is 9.42. The molecule has 0 aliphatic heterocycles. The Hall–Kier alpha value is -0.860. The van der Waals surface area contributed by atoms with Crippen LogP contribution in [0, 0.1) is 5.92 Å². The number of benzene rings is 1. The molecule has 124 valence electrons. The van der Waals surface area contributed by atoms with Crippen molar-refractivity contribution in [2.75, 3.05) is 26.3 Å². The average Bonchev–Trinajstić information content (AvgIpc) is 3.30. The van der Waals surface area contributed by atoms with Crippen molar-refractivity contribution in [1.29, 1.82) is 0 Å². The number of halogens is 1. The van der Waals surface area contributed by atoms with Gasteiger partial charge in [-0.3, -0.25) is 4.99 Å². The third-order valence-corrected chi connectivity index (χ3v) is 3.40. The number of nitrogens with two attached hydrogens (primary N) is 1. The van der Waals surface area contributed by atoms with Crippen LogP contribution in [0.2, 0.25) is 0 Å². The van der Waals surface area contributed by atoms with Crippen LogP contribution in [0.1, 0.15) is 18.4 Å². The minimum atomic E-state index is -0.585. The number of hydrogen-bond donors (Lipinski definition) is 3. The highest BCUT2D eigenvalue weighted by Crippen LogP contribution is 2.28. The van der Waals surface area contributed by atoms with E-state index in [4.69, 9.17) is 10.5 Å². The van der Waals surface area contributed by atoms with E-state index in [-0.39, 0.29) is 30.5 Å². The summed E-state index contributed by atoms with van der Waals surface area (Å²) in [5.41, 5.74) is 7.02. The summed E-state index contributed by atoms with van der Waals surface area (Å²) in [4.78, 5) is 4.12. The van der Waals surface area contributed by atoms with E-state index in [1.807, 2.05) is 18.2 Å². The zero-order valence-electron chi connectivity index (χ0n) is 12.8. The van der Waals surface area contributed by atoms with Gasteiger partial charge in [0.25, 0.3) is 0 Å². The quantitative estimate of drug-likeness (QED) is 0.322. The smallest absolute Gasteiger partial charge is 0.188 e. The molecule has 2 rings (SSSR count). The summed E-state index contributed by atoms with van der Waals surface area (Å²) in [5, 5.41) is 12.8. The van der Waals surface area contributed by atoms with Crippen LogP contribution in [0.25, 0.3) is 0 Å². The van der Waals surface area contributed by atoms with Crippen molar-refractivity contribution in [2.24, 2.45) is 16.6 Å². The highest BCUT2D eigenvalue weighted by atomic mass is 127. The van der Waals surface area contributed by atoms with Gasteiger partial charge in [-0.05, 0) is 30.7 Å². The number of hydrogen-bond acceptors (Lipinski definition) is 3. The first kappa shape index (κ1) is 19.2. The molecule has 0 saturated heterocycles. The lowest BCUT2D eigenvalue weighted by molar-refractivity contribution is 0.0368. The summed E-state index contributed by atoms with van der Waals surface area (Å²) < 4.78 is 5.41. The van der Waals surface area contributed by atoms with E-state index in [1.54, 1.807) is 0 Å². The van der Waals surface area contributed by atoms with Crippen LogP contribution in [0.15, 0.2) is 35.3 Å². The average molecular weight is 419 g/mol. The number of ether oxygens (including phenoxy) is 1. The Labute approximate surface area is 149 Å². The van der Waals surface area contributed by atoms with Gasteiger partial charge in [-0.15, -0.1) is 24.0 Å². The molecule has 1 aromatic rings. The Morgan fingerprint density at radius 3 is 2.77 bits per heavy atom. The zero-order valence-corrected chi connectivity index (χ0v) is 15.1. The van der Waals surface area contributed by atoms with Gasteiger partial charge in [0.1, 0.15) is 0 Å². The minimum Gasteiger partial charge on any atom is -0.389 e. The number of guanidine groups is 1. The molecule has 0 spiro atoms. The van der Waals surface area contributed by atoms with E-state index >= 15 is 0 Å². The van der Waals surface area contributed by atoms with Crippen molar-refractivity contribution >= 4 is 29.9 Å². The van der Waals surface area contributed by atoms with Crippen molar-refractivity contribution in [3.05, 3.63) is 35.9 Å². The molecule has 1 aliphatic carbocycles. The van der Waals surface area contributed by atoms with Crippen LogP contribution in [-0.4, -0.2) is 43.5 Å². The Morgan fingerprint density at radius 1 is 1.36 bits per heavy atom. The summed E-state index contributed by atoms with van der Waals surface area (Å²) in [5.74, 6) is 1.08. The molecule has 1 aliphatic rings. The second kappa shape index (κ2) is 10.8. The summed E-state index contributed by atoms with van der Waals surface area (Å²) in [6.45, 7) is 2.09. The fourth-order valence-corrected chi connectivity index (χ4v) is 1.95. The van der Waals surface area contributed by atoms with Gasteiger partial charge in [-0.25, -0.2) is 0 Å². The van der Waals surface area contributed by atoms with Gasteiger partial charge < -0.3 is 20.9 Å². The summed E-state index contributed by atoms with van der Waals surface area (Å²) in [6, 6.07) is 10.2. The molecular formula is C16H26IN3O2. The molecule has 22 heavy (non-hydrogen) atoms. The molecule has 0 heterocycles. The van der Waals surface area contributed by atoms with Gasteiger partial charge in [0.05, 0.1) is 19.3 Å².